The normalized spacial score (nSPS) is 35.6. The van der Waals surface area contributed by atoms with Crippen LogP contribution in [0.1, 0.15) is 51.5 Å². The summed E-state index contributed by atoms with van der Waals surface area (Å²) in [5.74, 6) is 3.96. The first-order valence-corrected chi connectivity index (χ1v) is 8.67. The molecule has 2 saturated carbocycles. The first-order valence-electron chi connectivity index (χ1n) is 8.67. The number of benzene rings is 1. The predicted octanol–water partition coefficient (Wildman–Crippen LogP) is 4.33. The average Bonchev–Trinajstić information content (AvgIpc) is 2.47. The van der Waals surface area contributed by atoms with Crippen LogP contribution < -0.4 is 5.32 Å². The van der Waals surface area contributed by atoms with Gasteiger partial charge in [0, 0.05) is 12.6 Å². The first kappa shape index (κ1) is 14.9. The van der Waals surface area contributed by atoms with E-state index in [0.29, 0.717) is 11.8 Å². The number of nitrogens with one attached hydrogen (secondary N) is 1. The van der Waals surface area contributed by atoms with Gasteiger partial charge in [0.2, 0.25) is 0 Å². The van der Waals surface area contributed by atoms with E-state index in [2.05, 4.69) is 19.2 Å². The molecule has 0 radical (unpaired) electrons. The third-order valence-electron chi connectivity index (χ3n) is 5.73. The molecule has 2 N–H and O–H groups in total. The highest BCUT2D eigenvalue weighted by Gasteiger charge is 2.40. The van der Waals surface area contributed by atoms with Gasteiger partial charge < -0.3 is 10.4 Å². The molecule has 2 aliphatic carbocycles. The number of phenolic OH excluding ortho intramolecular Hbond substituents is 1. The summed E-state index contributed by atoms with van der Waals surface area (Å²) >= 11 is 0. The largest absolute Gasteiger partial charge is 0.508 e. The molecule has 5 atom stereocenters. The molecule has 2 heteroatoms. The molecular weight excluding hydrogens is 258 g/mol. The summed E-state index contributed by atoms with van der Waals surface area (Å²) in [5, 5.41) is 13.2. The van der Waals surface area contributed by atoms with Crippen molar-refractivity contribution in [2.45, 2.75) is 58.5 Å². The first-order chi connectivity index (χ1) is 10.2. The number of phenols is 1. The Morgan fingerprint density at radius 1 is 1.10 bits per heavy atom. The Kier molecular flexibility index (Phi) is 4.54. The fourth-order valence-electron chi connectivity index (χ4n) is 4.85. The Morgan fingerprint density at radius 2 is 1.86 bits per heavy atom. The molecule has 0 aromatic heterocycles. The van der Waals surface area contributed by atoms with Crippen LogP contribution in [0.3, 0.4) is 0 Å². The highest BCUT2D eigenvalue weighted by Crippen LogP contribution is 2.45. The lowest BCUT2D eigenvalue weighted by Gasteiger charge is -2.47. The minimum absolute atomic E-state index is 0.354. The van der Waals surface area contributed by atoms with Crippen LogP contribution in [0.4, 0.5) is 0 Å². The molecule has 0 heterocycles. The smallest absolute Gasteiger partial charge is 0.115 e. The number of fused-ring (bicyclic) bond motifs is 2. The topological polar surface area (TPSA) is 32.3 Å². The molecule has 116 valence electrons. The van der Waals surface area contributed by atoms with E-state index < -0.39 is 0 Å². The summed E-state index contributed by atoms with van der Waals surface area (Å²) in [6.07, 6.45) is 7.02. The standard InChI is InChI=1S/C19H29NO/c1-3-16-10-15-8-13(2)9-17(11-15)19(16)20-12-14-4-6-18(21)7-5-14/h4-7,13,15-17,19-21H,3,8-12H2,1-2H3. The van der Waals surface area contributed by atoms with Crippen molar-refractivity contribution in [1.82, 2.24) is 5.32 Å². The lowest BCUT2D eigenvalue weighted by Crippen LogP contribution is -2.49. The highest BCUT2D eigenvalue weighted by atomic mass is 16.3. The van der Waals surface area contributed by atoms with Crippen LogP contribution in [-0.4, -0.2) is 11.1 Å². The second-order valence-electron chi connectivity index (χ2n) is 7.42. The van der Waals surface area contributed by atoms with Gasteiger partial charge in [-0.1, -0.05) is 32.4 Å². The van der Waals surface area contributed by atoms with Crippen molar-refractivity contribution in [1.29, 1.82) is 0 Å². The quantitative estimate of drug-likeness (QED) is 0.863. The minimum Gasteiger partial charge on any atom is -0.508 e. The molecule has 2 fully saturated rings. The van der Waals surface area contributed by atoms with Gasteiger partial charge in [-0.05, 0) is 67.1 Å². The van der Waals surface area contributed by atoms with Crippen molar-refractivity contribution < 1.29 is 5.11 Å². The van der Waals surface area contributed by atoms with Crippen LogP contribution in [-0.2, 0) is 6.54 Å². The van der Waals surface area contributed by atoms with Gasteiger partial charge in [-0.25, -0.2) is 0 Å². The molecular formula is C19H29NO. The van der Waals surface area contributed by atoms with Crippen molar-refractivity contribution in [2.24, 2.45) is 23.7 Å². The van der Waals surface area contributed by atoms with Gasteiger partial charge in [-0.15, -0.1) is 0 Å². The summed E-state index contributed by atoms with van der Waals surface area (Å²) in [4.78, 5) is 0. The minimum atomic E-state index is 0.354. The summed E-state index contributed by atoms with van der Waals surface area (Å²) < 4.78 is 0. The van der Waals surface area contributed by atoms with Gasteiger partial charge >= 0.3 is 0 Å². The SMILES string of the molecule is CCC1CC2CC(C)CC(C2)C1NCc1ccc(O)cc1. The zero-order chi connectivity index (χ0) is 14.8. The molecule has 0 amide bonds. The van der Waals surface area contributed by atoms with Crippen molar-refractivity contribution in [2.75, 3.05) is 0 Å². The molecule has 1 aromatic carbocycles. The van der Waals surface area contributed by atoms with Crippen molar-refractivity contribution in [3.05, 3.63) is 29.8 Å². The Hall–Kier alpha value is -1.02. The molecule has 0 saturated heterocycles. The zero-order valence-corrected chi connectivity index (χ0v) is 13.4. The Balaban J connectivity index is 1.65. The number of rotatable bonds is 4. The van der Waals surface area contributed by atoms with Gasteiger partial charge in [0.15, 0.2) is 0 Å². The highest BCUT2D eigenvalue weighted by molar-refractivity contribution is 5.25. The summed E-state index contributed by atoms with van der Waals surface area (Å²) in [6, 6.07) is 8.31. The lowest BCUT2D eigenvalue weighted by molar-refractivity contribution is 0.0602. The van der Waals surface area contributed by atoms with Crippen LogP contribution in [0, 0.1) is 23.7 Å². The van der Waals surface area contributed by atoms with E-state index in [4.69, 9.17) is 0 Å². The van der Waals surface area contributed by atoms with Gasteiger partial charge in [0.25, 0.3) is 0 Å². The predicted molar refractivity (Wildman–Crippen MR) is 87.1 cm³/mol. The molecule has 2 aliphatic rings. The summed E-state index contributed by atoms with van der Waals surface area (Å²) in [6.45, 7) is 5.71. The van der Waals surface area contributed by atoms with Gasteiger partial charge in [-0.3, -0.25) is 0 Å². The second-order valence-corrected chi connectivity index (χ2v) is 7.42. The van der Waals surface area contributed by atoms with Crippen LogP contribution in [0.2, 0.25) is 0 Å². The van der Waals surface area contributed by atoms with E-state index in [-0.39, 0.29) is 0 Å². The van der Waals surface area contributed by atoms with E-state index in [1.165, 1.54) is 37.7 Å². The number of aromatic hydroxyl groups is 1. The fourth-order valence-corrected chi connectivity index (χ4v) is 4.85. The maximum atomic E-state index is 9.38. The maximum Gasteiger partial charge on any atom is 0.115 e. The third-order valence-corrected chi connectivity index (χ3v) is 5.73. The summed E-state index contributed by atoms with van der Waals surface area (Å²) in [5.41, 5.74) is 1.27. The Bertz CT molecular complexity index is 453. The fraction of sp³-hybridized carbons (Fsp3) is 0.684. The van der Waals surface area contributed by atoms with Crippen molar-refractivity contribution in [3.63, 3.8) is 0 Å². The van der Waals surface area contributed by atoms with Crippen LogP contribution >= 0.6 is 0 Å². The van der Waals surface area contributed by atoms with Gasteiger partial charge in [0.05, 0.1) is 0 Å². The lowest BCUT2D eigenvalue weighted by atomic mass is 9.62. The molecule has 21 heavy (non-hydrogen) atoms. The monoisotopic (exact) mass is 287 g/mol. The molecule has 0 aliphatic heterocycles. The van der Waals surface area contributed by atoms with Crippen molar-refractivity contribution >= 4 is 0 Å². The van der Waals surface area contributed by atoms with Crippen LogP contribution in [0.15, 0.2) is 24.3 Å². The second kappa shape index (κ2) is 6.39. The molecule has 0 spiro atoms. The summed E-state index contributed by atoms with van der Waals surface area (Å²) in [7, 11) is 0. The Morgan fingerprint density at radius 3 is 2.57 bits per heavy atom. The van der Waals surface area contributed by atoms with Crippen LogP contribution in [0.5, 0.6) is 5.75 Å². The Labute approximate surface area is 129 Å². The molecule has 1 aromatic rings. The van der Waals surface area contributed by atoms with Crippen molar-refractivity contribution in [3.8, 4) is 5.75 Å². The molecule has 2 nitrogen and oxygen atoms in total. The number of hydrogen-bond acceptors (Lipinski definition) is 2. The maximum absolute atomic E-state index is 9.38. The van der Waals surface area contributed by atoms with E-state index in [1.807, 2.05) is 12.1 Å². The van der Waals surface area contributed by atoms with Gasteiger partial charge in [0.1, 0.15) is 5.75 Å². The van der Waals surface area contributed by atoms with Crippen LogP contribution in [0.25, 0.3) is 0 Å². The third kappa shape index (κ3) is 3.42. The van der Waals surface area contributed by atoms with E-state index >= 15 is 0 Å². The average molecular weight is 287 g/mol. The number of hydrogen-bond donors (Lipinski definition) is 2. The van der Waals surface area contributed by atoms with Gasteiger partial charge in [-0.2, -0.15) is 0 Å². The van der Waals surface area contributed by atoms with E-state index in [0.717, 1.165) is 30.2 Å². The van der Waals surface area contributed by atoms with E-state index in [1.54, 1.807) is 12.1 Å². The molecule has 2 bridgehead atoms. The molecule has 5 unspecified atom stereocenters. The van der Waals surface area contributed by atoms with E-state index in [9.17, 15) is 5.11 Å². The zero-order valence-electron chi connectivity index (χ0n) is 13.4. The molecule has 3 rings (SSSR count).